The van der Waals surface area contributed by atoms with Crippen molar-refractivity contribution in [1.29, 1.82) is 0 Å². The molecular formula is C11H23N. The predicted molar refractivity (Wildman–Crippen MR) is 54.3 cm³/mol. The first-order valence-corrected chi connectivity index (χ1v) is 5.16. The second-order valence-electron chi connectivity index (χ2n) is 5.41. The Bertz CT molecular complexity index is 144. The normalized spacial score (nSPS) is 27.0. The smallest absolute Gasteiger partial charge is 0.0125 e. The standard InChI is InChI=1S/C11H23N/c1-9(2)10-6-7-12(8-10)11(3,4)5/h9-10H,6-8H2,1-5H3/t10-/m0/s1. The van der Waals surface area contributed by atoms with Crippen LogP contribution < -0.4 is 0 Å². The van der Waals surface area contributed by atoms with Crippen molar-refractivity contribution in [2.45, 2.75) is 46.6 Å². The van der Waals surface area contributed by atoms with E-state index in [4.69, 9.17) is 0 Å². The summed E-state index contributed by atoms with van der Waals surface area (Å²) in [6.45, 7) is 14.2. The van der Waals surface area contributed by atoms with Gasteiger partial charge in [-0.25, -0.2) is 0 Å². The lowest BCUT2D eigenvalue weighted by Gasteiger charge is -2.32. The largest absolute Gasteiger partial charge is 0.298 e. The number of likely N-dealkylation sites (tertiary alicyclic amines) is 1. The van der Waals surface area contributed by atoms with E-state index in [1.165, 1.54) is 19.5 Å². The average molecular weight is 169 g/mol. The van der Waals surface area contributed by atoms with Crippen LogP contribution in [0.4, 0.5) is 0 Å². The molecule has 1 atom stereocenters. The van der Waals surface area contributed by atoms with Crippen molar-refractivity contribution >= 4 is 0 Å². The molecule has 0 saturated carbocycles. The second kappa shape index (κ2) is 3.37. The number of hydrogen-bond acceptors (Lipinski definition) is 1. The van der Waals surface area contributed by atoms with Crippen LogP contribution in [0.5, 0.6) is 0 Å². The van der Waals surface area contributed by atoms with Crippen LogP contribution in [0.2, 0.25) is 0 Å². The minimum Gasteiger partial charge on any atom is -0.298 e. The van der Waals surface area contributed by atoms with E-state index >= 15 is 0 Å². The average Bonchev–Trinajstić information content (AvgIpc) is 2.30. The maximum Gasteiger partial charge on any atom is 0.0125 e. The lowest BCUT2D eigenvalue weighted by atomic mass is 9.95. The van der Waals surface area contributed by atoms with E-state index < -0.39 is 0 Å². The molecule has 1 heteroatoms. The van der Waals surface area contributed by atoms with Gasteiger partial charge >= 0.3 is 0 Å². The molecule has 1 aliphatic heterocycles. The van der Waals surface area contributed by atoms with Crippen LogP contribution in [0, 0.1) is 11.8 Å². The molecule has 72 valence electrons. The summed E-state index contributed by atoms with van der Waals surface area (Å²) in [5, 5.41) is 0. The molecule has 1 heterocycles. The van der Waals surface area contributed by atoms with Gasteiger partial charge in [-0.05, 0) is 45.6 Å². The second-order valence-corrected chi connectivity index (χ2v) is 5.41. The maximum absolute atomic E-state index is 2.61. The highest BCUT2D eigenvalue weighted by Gasteiger charge is 2.31. The highest BCUT2D eigenvalue weighted by Crippen LogP contribution is 2.28. The zero-order chi connectivity index (χ0) is 9.35. The van der Waals surface area contributed by atoms with E-state index in [-0.39, 0.29) is 0 Å². The van der Waals surface area contributed by atoms with Crippen LogP contribution in [0.3, 0.4) is 0 Å². The lowest BCUT2D eigenvalue weighted by molar-refractivity contribution is 0.163. The molecule has 0 amide bonds. The molecule has 0 bridgehead atoms. The molecule has 1 aliphatic rings. The highest BCUT2D eigenvalue weighted by molar-refractivity contribution is 4.85. The van der Waals surface area contributed by atoms with Crippen LogP contribution in [0.1, 0.15) is 41.0 Å². The first-order chi connectivity index (χ1) is 5.41. The van der Waals surface area contributed by atoms with Gasteiger partial charge in [-0.15, -0.1) is 0 Å². The van der Waals surface area contributed by atoms with Gasteiger partial charge in [-0.1, -0.05) is 13.8 Å². The molecule has 1 fully saturated rings. The molecule has 1 rings (SSSR count). The maximum atomic E-state index is 2.61. The Balaban J connectivity index is 2.46. The van der Waals surface area contributed by atoms with Gasteiger partial charge in [-0.3, -0.25) is 4.90 Å². The van der Waals surface area contributed by atoms with Crippen LogP contribution >= 0.6 is 0 Å². The Labute approximate surface area is 77.1 Å². The Morgan fingerprint density at radius 3 is 2.08 bits per heavy atom. The van der Waals surface area contributed by atoms with E-state index in [9.17, 15) is 0 Å². The molecule has 0 radical (unpaired) electrons. The molecule has 1 saturated heterocycles. The van der Waals surface area contributed by atoms with Gasteiger partial charge in [0, 0.05) is 12.1 Å². The summed E-state index contributed by atoms with van der Waals surface area (Å²) in [5.41, 5.74) is 0.379. The van der Waals surface area contributed by atoms with E-state index in [2.05, 4.69) is 39.5 Å². The van der Waals surface area contributed by atoms with Crippen molar-refractivity contribution < 1.29 is 0 Å². The van der Waals surface area contributed by atoms with E-state index in [0.29, 0.717) is 5.54 Å². The lowest BCUT2D eigenvalue weighted by Crippen LogP contribution is -2.39. The zero-order valence-electron chi connectivity index (χ0n) is 9.22. The van der Waals surface area contributed by atoms with Crippen molar-refractivity contribution in [3.05, 3.63) is 0 Å². The molecule has 0 aromatic rings. The Morgan fingerprint density at radius 1 is 1.25 bits per heavy atom. The number of nitrogens with zero attached hydrogens (tertiary/aromatic N) is 1. The van der Waals surface area contributed by atoms with Gasteiger partial charge in [0.25, 0.3) is 0 Å². The van der Waals surface area contributed by atoms with Crippen LogP contribution in [-0.4, -0.2) is 23.5 Å². The first-order valence-electron chi connectivity index (χ1n) is 5.16. The summed E-state index contributed by atoms with van der Waals surface area (Å²) in [6.07, 6.45) is 1.40. The Hall–Kier alpha value is -0.0400. The Morgan fingerprint density at radius 2 is 1.83 bits per heavy atom. The van der Waals surface area contributed by atoms with Crippen LogP contribution in [-0.2, 0) is 0 Å². The summed E-state index contributed by atoms with van der Waals surface area (Å²) >= 11 is 0. The van der Waals surface area contributed by atoms with Gasteiger partial charge in [0.1, 0.15) is 0 Å². The fourth-order valence-corrected chi connectivity index (χ4v) is 1.94. The minimum absolute atomic E-state index is 0.379. The summed E-state index contributed by atoms with van der Waals surface area (Å²) in [4.78, 5) is 2.61. The zero-order valence-corrected chi connectivity index (χ0v) is 9.22. The molecule has 0 spiro atoms. The summed E-state index contributed by atoms with van der Waals surface area (Å²) in [5.74, 6) is 1.79. The van der Waals surface area contributed by atoms with Gasteiger partial charge in [0.2, 0.25) is 0 Å². The highest BCUT2D eigenvalue weighted by atomic mass is 15.2. The van der Waals surface area contributed by atoms with Gasteiger partial charge in [0.15, 0.2) is 0 Å². The van der Waals surface area contributed by atoms with Crippen LogP contribution in [0.15, 0.2) is 0 Å². The summed E-state index contributed by atoms with van der Waals surface area (Å²) in [7, 11) is 0. The van der Waals surface area contributed by atoms with Crippen molar-refractivity contribution in [1.82, 2.24) is 4.90 Å². The SMILES string of the molecule is CC(C)[C@H]1CCN(C(C)(C)C)C1. The molecule has 0 N–H and O–H groups in total. The topological polar surface area (TPSA) is 3.24 Å². The summed E-state index contributed by atoms with van der Waals surface area (Å²) in [6, 6.07) is 0. The van der Waals surface area contributed by atoms with Gasteiger partial charge < -0.3 is 0 Å². The third kappa shape index (κ3) is 2.22. The monoisotopic (exact) mass is 169 g/mol. The van der Waals surface area contributed by atoms with E-state index in [0.717, 1.165) is 11.8 Å². The third-order valence-corrected chi connectivity index (χ3v) is 3.12. The molecule has 12 heavy (non-hydrogen) atoms. The van der Waals surface area contributed by atoms with E-state index in [1.807, 2.05) is 0 Å². The first kappa shape index (κ1) is 10.0. The minimum atomic E-state index is 0.379. The molecule has 0 aromatic heterocycles. The van der Waals surface area contributed by atoms with Gasteiger partial charge in [-0.2, -0.15) is 0 Å². The fourth-order valence-electron chi connectivity index (χ4n) is 1.94. The quantitative estimate of drug-likeness (QED) is 0.583. The molecular weight excluding hydrogens is 146 g/mol. The summed E-state index contributed by atoms with van der Waals surface area (Å²) < 4.78 is 0. The fraction of sp³-hybridized carbons (Fsp3) is 1.00. The molecule has 0 aromatic carbocycles. The molecule has 1 nitrogen and oxygen atoms in total. The molecule has 0 unspecified atom stereocenters. The Kier molecular flexibility index (Phi) is 2.82. The van der Waals surface area contributed by atoms with E-state index in [1.54, 1.807) is 0 Å². The predicted octanol–water partition coefficient (Wildman–Crippen LogP) is 2.76. The third-order valence-electron chi connectivity index (χ3n) is 3.12. The van der Waals surface area contributed by atoms with Gasteiger partial charge in [0.05, 0.1) is 0 Å². The molecule has 0 aliphatic carbocycles. The van der Waals surface area contributed by atoms with Crippen molar-refractivity contribution in [3.63, 3.8) is 0 Å². The number of rotatable bonds is 1. The van der Waals surface area contributed by atoms with Crippen molar-refractivity contribution in [3.8, 4) is 0 Å². The van der Waals surface area contributed by atoms with Crippen LogP contribution in [0.25, 0.3) is 0 Å². The number of hydrogen-bond donors (Lipinski definition) is 0. The van der Waals surface area contributed by atoms with Crippen molar-refractivity contribution in [2.75, 3.05) is 13.1 Å². The van der Waals surface area contributed by atoms with Crippen molar-refractivity contribution in [2.24, 2.45) is 11.8 Å².